The molecule has 1 saturated carbocycles. The Hall–Kier alpha value is -2.14. The number of nitrogens with one attached hydrogen (secondary N) is 1. The van der Waals surface area contributed by atoms with Crippen molar-refractivity contribution in [1.82, 2.24) is 14.9 Å². The maximum absolute atomic E-state index is 12.7. The average Bonchev–Trinajstić information content (AvgIpc) is 3.26. The molecule has 1 aliphatic carbocycles. The van der Waals surface area contributed by atoms with E-state index < -0.39 is 0 Å². The molecule has 0 unspecified atom stereocenters. The van der Waals surface area contributed by atoms with Gasteiger partial charge in [0.1, 0.15) is 9.71 Å². The summed E-state index contributed by atoms with van der Waals surface area (Å²) in [6, 6.07) is 8.21. The van der Waals surface area contributed by atoms with Crippen LogP contribution in [0.4, 0.5) is 0 Å². The third kappa shape index (κ3) is 2.31. The van der Waals surface area contributed by atoms with Crippen LogP contribution in [0.2, 0.25) is 0 Å². The molecule has 0 spiro atoms. The van der Waals surface area contributed by atoms with Crippen molar-refractivity contribution in [3.05, 3.63) is 47.7 Å². The van der Waals surface area contributed by atoms with Crippen LogP contribution in [0.3, 0.4) is 0 Å². The smallest absolute Gasteiger partial charge is 0.263 e. The number of thiophene rings is 1. The van der Waals surface area contributed by atoms with E-state index in [1.54, 1.807) is 6.20 Å². The lowest BCUT2D eigenvalue weighted by Crippen LogP contribution is -2.32. The molecule has 1 N–H and O–H groups in total. The van der Waals surface area contributed by atoms with E-state index in [0.717, 1.165) is 33.6 Å². The summed E-state index contributed by atoms with van der Waals surface area (Å²) in [6.45, 7) is 0. The minimum absolute atomic E-state index is 0.0265. The predicted molar refractivity (Wildman–Crippen MR) is 88.7 cm³/mol. The van der Waals surface area contributed by atoms with Crippen LogP contribution in [0.25, 0.3) is 15.9 Å². The van der Waals surface area contributed by atoms with Crippen molar-refractivity contribution < 1.29 is 4.79 Å². The Kier molecular flexibility index (Phi) is 3.42. The highest BCUT2D eigenvalue weighted by Gasteiger charge is 2.23. The van der Waals surface area contributed by atoms with Crippen LogP contribution in [0, 0.1) is 0 Å². The fraction of sp³-hybridized carbons (Fsp3) is 0.294. The van der Waals surface area contributed by atoms with Gasteiger partial charge < -0.3 is 9.88 Å². The number of amides is 1. The van der Waals surface area contributed by atoms with Crippen molar-refractivity contribution in [3.8, 4) is 5.69 Å². The summed E-state index contributed by atoms with van der Waals surface area (Å²) in [7, 11) is 0. The van der Waals surface area contributed by atoms with Gasteiger partial charge in [-0.3, -0.25) is 4.79 Å². The van der Waals surface area contributed by atoms with Gasteiger partial charge in [0.15, 0.2) is 0 Å². The molecular weight excluding hydrogens is 294 g/mol. The highest BCUT2D eigenvalue weighted by atomic mass is 32.1. The van der Waals surface area contributed by atoms with Crippen molar-refractivity contribution in [3.63, 3.8) is 0 Å². The standard InChI is InChI=1S/C17H17N3OS/c21-16(19-12-6-1-2-7-12)15-14(20-10-3-4-11-20)13-8-5-9-18-17(13)22-15/h3-5,8-12H,1-2,6-7H2,(H,19,21). The van der Waals surface area contributed by atoms with Gasteiger partial charge in [-0.25, -0.2) is 4.98 Å². The zero-order chi connectivity index (χ0) is 14.9. The van der Waals surface area contributed by atoms with E-state index in [4.69, 9.17) is 0 Å². The third-order valence-corrected chi connectivity index (χ3v) is 5.30. The molecule has 4 nitrogen and oxygen atoms in total. The van der Waals surface area contributed by atoms with Gasteiger partial charge in [0.25, 0.3) is 5.91 Å². The number of aromatic nitrogens is 2. The first-order valence-corrected chi connectivity index (χ1v) is 8.46. The number of carbonyl (C=O) groups excluding carboxylic acids is 1. The van der Waals surface area contributed by atoms with Gasteiger partial charge in [-0.1, -0.05) is 12.8 Å². The number of hydrogen-bond donors (Lipinski definition) is 1. The van der Waals surface area contributed by atoms with Crippen LogP contribution >= 0.6 is 11.3 Å². The number of nitrogens with zero attached hydrogens (tertiary/aromatic N) is 2. The monoisotopic (exact) mass is 311 g/mol. The quantitative estimate of drug-likeness (QED) is 0.800. The minimum atomic E-state index is 0.0265. The van der Waals surface area contributed by atoms with Crippen LogP contribution < -0.4 is 5.32 Å². The highest BCUT2D eigenvalue weighted by Crippen LogP contribution is 2.33. The maximum atomic E-state index is 12.7. The molecule has 3 aromatic rings. The Bertz CT molecular complexity index is 801. The Labute approximate surface area is 132 Å². The van der Waals surface area contributed by atoms with Crippen LogP contribution in [-0.4, -0.2) is 21.5 Å². The van der Waals surface area contributed by atoms with Gasteiger partial charge in [-0.15, -0.1) is 11.3 Å². The number of fused-ring (bicyclic) bond motifs is 1. The lowest BCUT2D eigenvalue weighted by molar-refractivity contribution is 0.0942. The molecule has 0 saturated heterocycles. The molecule has 4 rings (SSSR count). The van der Waals surface area contributed by atoms with Gasteiger partial charge in [-0.2, -0.15) is 0 Å². The summed E-state index contributed by atoms with van der Waals surface area (Å²) in [5.74, 6) is 0.0265. The molecule has 3 aromatic heterocycles. The molecule has 0 aliphatic heterocycles. The second-order valence-electron chi connectivity index (χ2n) is 5.68. The van der Waals surface area contributed by atoms with E-state index in [2.05, 4.69) is 10.3 Å². The number of rotatable bonds is 3. The molecule has 0 radical (unpaired) electrons. The van der Waals surface area contributed by atoms with Gasteiger partial charge in [0, 0.05) is 30.0 Å². The fourth-order valence-corrected chi connectivity index (χ4v) is 4.18. The molecule has 1 fully saturated rings. The van der Waals surface area contributed by atoms with Crippen molar-refractivity contribution >= 4 is 27.5 Å². The Morgan fingerprint density at radius 3 is 2.77 bits per heavy atom. The Morgan fingerprint density at radius 1 is 1.23 bits per heavy atom. The number of pyridine rings is 1. The summed E-state index contributed by atoms with van der Waals surface area (Å²) >= 11 is 1.47. The third-order valence-electron chi connectivity index (χ3n) is 4.20. The molecule has 1 amide bonds. The second-order valence-corrected chi connectivity index (χ2v) is 6.68. The first kappa shape index (κ1) is 13.5. The SMILES string of the molecule is O=C(NC1CCCC1)c1sc2ncccc2c1-n1cccc1. The largest absolute Gasteiger partial charge is 0.349 e. The second kappa shape index (κ2) is 5.57. The van der Waals surface area contributed by atoms with Crippen LogP contribution in [0.5, 0.6) is 0 Å². The highest BCUT2D eigenvalue weighted by molar-refractivity contribution is 7.21. The van der Waals surface area contributed by atoms with Crippen LogP contribution in [0.15, 0.2) is 42.9 Å². The van der Waals surface area contributed by atoms with Gasteiger partial charge in [0.05, 0.1) is 5.69 Å². The summed E-state index contributed by atoms with van der Waals surface area (Å²) in [6.07, 6.45) is 10.3. The van der Waals surface area contributed by atoms with Gasteiger partial charge in [0.2, 0.25) is 0 Å². The summed E-state index contributed by atoms with van der Waals surface area (Å²) in [5, 5.41) is 4.22. The van der Waals surface area contributed by atoms with Crippen molar-refractivity contribution in [2.45, 2.75) is 31.7 Å². The summed E-state index contributed by atoms with van der Waals surface area (Å²) < 4.78 is 2.00. The fourth-order valence-electron chi connectivity index (χ4n) is 3.13. The maximum Gasteiger partial charge on any atom is 0.263 e. The molecule has 0 aromatic carbocycles. The molecule has 0 bridgehead atoms. The van der Waals surface area contributed by atoms with E-state index in [9.17, 15) is 4.79 Å². The van der Waals surface area contributed by atoms with E-state index >= 15 is 0 Å². The molecule has 3 heterocycles. The zero-order valence-corrected chi connectivity index (χ0v) is 13.0. The normalized spacial score (nSPS) is 15.5. The lowest BCUT2D eigenvalue weighted by Gasteiger charge is -2.12. The summed E-state index contributed by atoms with van der Waals surface area (Å²) in [4.78, 5) is 18.8. The van der Waals surface area contributed by atoms with Crippen molar-refractivity contribution in [2.75, 3.05) is 0 Å². The molecule has 5 heteroatoms. The first-order chi connectivity index (χ1) is 10.8. The Morgan fingerprint density at radius 2 is 2.00 bits per heavy atom. The molecule has 112 valence electrons. The van der Waals surface area contributed by atoms with E-state index in [-0.39, 0.29) is 5.91 Å². The predicted octanol–water partition coefficient (Wildman–Crippen LogP) is 3.76. The molecule has 22 heavy (non-hydrogen) atoms. The molecular formula is C17H17N3OS. The Balaban J connectivity index is 1.79. The topological polar surface area (TPSA) is 46.9 Å². The number of hydrogen-bond acceptors (Lipinski definition) is 3. The molecule has 0 atom stereocenters. The van der Waals surface area contributed by atoms with Gasteiger partial charge in [-0.05, 0) is 37.1 Å². The van der Waals surface area contributed by atoms with Crippen molar-refractivity contribution in [1.29, 1.82) is 0 Å². The summed E-state index contributed by atoms with van der Waals surface area (Å²) in [5.41, 5.74) is 0.939. The number of carbonyl (C=O) groups is 1. The average molecular weight is 311 g/mol. The van der Waals surface area contributed by atoms with Crippen LogP contribution in [0.1, 0.15) is 35.4 Å². The van der Waals surface area contributed by atoms with Crippen molar-refractivity contribution in [2.24, 2.45) is 0 Å². The minimum Gasteiger partial charge on any atom is -0.349 e. The molecule has 1 aliphatic rings. The zero-order valence-electron chi connectivity index (χ0n) is 12.2. The lowest BCUT2D eigenvalue weighted by atomic mass is 10.2. The first-order valence-electron chi connectivity index (χ1n) is 7.64. The van der Waals surface area contributed by atoms with E-state index in [1.807, 2.05) is 41.2 Å². The van der Waals surface area contributed by atoms with E-state index in [1.165, 1.54) is 24.2 Å². The van der Waals surface area contributed by atoms with Gasteiger partial charge >= 0.3 is 0 Å². The van der Waals surface area contributed by atoms with Crippen LogP contribution in [-0.2, 0) is 0 Å². The van der Waals surface area contributed by atoms with E-state index in [0.29, 0.717) is 6.04 Å².